The van der Waals surface area contributed by atoms with Crippen LogP contribution in [0.15, 0.2) is 18.2 Å². The highest BCUT2D eigenvalue weighted by atomic mass is 19.1. The lowest BCUT2D eigenvalue weighted by Gasteiger charge is -2.13. The lowest BCUT2D eigenvalue weighted by Crippen LogP contribution is -2.34. The first kappa shape index (κ1) is 14.1. The van der Waals surface area contributed by atoms with Crippen molar-refractivity contribution >= 4 is 17.9 Å². The number of ether oxygens (including phenoxy) is 2. The van der Waals surface area contributed by atoms with Gasteiger partial charge in [-0.2, -0.15) is 0 Å². The van der Waals surface area contributed by atoms with Crippen molar-refractivity contribution in [2.24, 2.45) is 0 Å². The molecule has 0 spiro atoms. The second kappa shape index (κ2) is 5.77. The molecule has 0 aliphatic carbocycles. The number of nitrogens with zero attached hydrogens (tertiary/aromatic N) is 1. The molecule has 20 heavy (non-hydrogen) atoms. The predicted molar refractivity (Wildman–Crippen MR) is 69.2 cm³/mol. The largest absolute Gasteiger partial charge is 0.453 e. The highest BCUT2D eigenvalue weighted by Gasteiger charge is 2.32. The highest BCUT2D eigenvalue weighted by Crippen LogP contribution is 2.23. The number of alkyl carbamates (subject to hydrolysis) is 1. The van der Waals surface area contributed by atoms with Gasteiger partial charge in [0, 0.05) is 0 Å². The van der Waals surface area contributed by atoms with Gasteiger partial charge in [0.05, 0.1) is 25.9 Å². The summed E-state index contributed by atoms with van der Waals surface area (Å²) in [4.78, 5) is 24.0. The van der Waals surface area contributed by atoms with Gasteiger partial charge in [-0.05, 0) is 24.6 Å². The van der Waals surface area contributed by atoms with E-state index in [4.69, 9.17) is 4.74 Å². The zero-order valence-electron chi connectivity index (χ0n) is 11.2. The molecule has 108 valence electrons. The Kier molecular flexibility index (Phi) is 4.07. The number of aryl methyl sites for hydroxylation is 1. The summed E-state index contributed by atoms with van der Waals surface area (Å²) in [6, 6.07) is 4.53. The molecule has 0 unspecified atom stereocenters. The van der Waals surface area contributed by atoms with Gasteiger partial charge in [0.15, 0.2) is 0 Å². The maximum Gasteiger partial charge on any atom is 0.414 e. The van der Waals surface area contributed by atoms with Crippen molar-refractivity contribution in [2.45, 2.75) is 13.0 Å². The van der Waals surface area contributed by atoms with Crippen LogP contribution in [-0.2, 0) is 9.47 Å². The Morgan fingerprint density at radius 2 is 2.35 bits per heavy atom. The molecule has 2 amide bonds. The van der Waals surface area contributed by atoms with Gasteiger partial charge in [-0.1, -0.05) is 6.07 Å². The average molecular weight is 282 g/mol. The van der Waals surface area contributed by atoms with E-state index < -0.39 is 18.3 Å². The minimum Gasteiger partial charge on any atom is -0.453 e. The number of benzene rings is 1. The van der Waals surface area contributed by atoms with E-state index in [9.17, 15) is 14.0 Å². The number of nitrogens with one attached hydrogen (secondary N) is 1. The Hall–Kier alpha value is -2.31. The minimum absolute atomic E-state index is 0.142. The molecular weight excluding hydrogens is 267 g/mol. The maximum atomic E-state index is 13.5. The lowest BCUT2D eigenvalue weighted by atomic mass is 10.2. The number of carbonyl (C=O) groups is 2. The molecule has 1 aromatic rings. The smallest absolute Gasteiger partial charge is 0.414 e. The third kappa shape index (κ3) is 2.98. The van der Waals surface area contributed by atoms with Crippen LogP contribution >= 0.6 is 0 Å². The van der Waals surface area contributed by atoms with Gasteiger partial charge in [0.25, 0.3) is 0 Å². The first-order valence-electron chi connectivity index (χ1n) is 6.07. The summed E-state index contributed by atoms with van der Waals surface area (Å²) in [5.41, 5.74) is 0.934. The number of anilines is 1. The van der Waals surface area contributed by atoms with Crippen LogP contribution in [0.3, 0.4) is 0 Å². The number of hydrogen-bond acceptors (Lipinski definition) is 4. The van der Waals surface area contributed by atoms with Crippen LogP contribution in [-0.4, -0.2) is 38.5 Å². The van der Waals surface area contributed by atoms with Crippen molar-refractivity contribution in [3.63, 3.8) is 0 Å². The zero-order chi connectivity index (χ0) is 14.7. The molecule has 1 aliphatic heterocycles. The zero-order valence-corrected chi connectivity index (χ0v) is 11.2. The highest BCUT2D eigenvalue weighted by molar-refractivity contribution is 5.89. The van der Waals surface area contributed by atoms with Crippen LogP contribution in [0.4, 0.5) is 19.7 Å². The minimum atomic E-state index is -0.596. The van der Waals surface area contributed by atoms with E-state index in [1.807, 2.05) is 0 Å². The molecule has 1 N–H and O–H groups in total. The summed E-state index contributed by atoms with van der Waals surface area (Å²) < 4.78 is 23.0. The number of cyclic esters (lactones) is 1. The van der Waals surface area contributed by atoms with Crippen LogP contribution in [0.5, 0.6) is 0 Å². The Morgan fingerprint density at radius 3 is 3.00 bits per heavy atom. The van der Waals surface area contributed by atoms with Crippen LogP contribution in [0.1, 0.15) is 5.56 Å². The predicted octanol–water partition coefficient (Wildman–Crippen LogP) is 1.82. The van der Waals surface area contributed by atoms with E-state index in [0.29, 0.717) is 11.3 Å². The van der Waals surface area contributed by atoms with Crippen LogP contribution in [0, 0.1) is 12.7 Å². The fourth-order valence-electron chi connectivity index (χ4n) is 1.86. The number of methoxy groups -OCH3 is 1. The fourth-order valence-corrected chi connectivity index (χ4v) is 1.86. The fraction of sp³-hybridized carbons (Fsp3) is 0.385. The molecule has 1 atom stereocenters. The Morgan fingerprint density at radius 1 is 1.60 bits per heavy atom. The van der Waals surface area contributed by atoms with Crippen molar-refractivity contribution < 1.29 is 23.5 Å². The van der Waals surface area contributed by atoms with Crippen molar-refractivity contribution in [3.05, 3.63) is 29.6 Å². The number of carbonyl (C=O) groups excluding carboxylic acids is 2. The standard InChI is InChI=1S/C13H15FN2O4/c1-8-3-4-9(5-11(8)14)16-7-10(20-13(16)18)6-15-12(17)19-2/h3-5,10H,6-7H2,1-2H3,(H,15,17)/t10-/m0/s1. The van der Waals surface area contributed by atoms with Crippen molar-refractivity contribution in [1.29, 1.82) is 0 Å². The van der Waals surface area contributed by atoms with E-state index in [0.717, 1.165) is 0 Å². The molecule has 1 aromatic carbocycles. The van der Waals surface area contributed by atoms with Gasteiger partial charge in [-0.15, -0.1) is 0 Å². The van der Waals surface area contributed by atoms with Crippen LogP contribution in [0.2, 0.25) is 0 Å². The molecule has 0 saturated carbocycles. The van der Waals surface area contributed by atoms with Gasteiger partial charge in [0.1, 0.15) is 11.9 Å². The topological polar surface area (TPSA) is 67.9 Å². The monoisotopic (exact) mass is 282 g/mol. The summed E-state index contributed by atoms with van der Waals surface area (Å²) in [6.45, 7) is 2.03. The second-order valence-corrected chi connectivity index (χ2v) is 4.42. The van der Waals surface area contributed by atoms with Crippen LogP contribution < -0.4 is 10.2 Å². The van der Waals surface area contributed by atoms with E-state index in [-0.39, 0.29) is 18.9 Å². The third-order valence-corrected chi connectivity index (χ3v) is 3.00. The maximum absolute atomic E-state index is 13.5. The molecule has 7 heteroatoms. The molecule has 0 aromatic heterocycles. The van der Waals surface area contributed by atoms with E-state index in [2.05, 4.69) is 10.1 Å². The quantitative estimate of drug-likeness (QED) is 0.918. The summed E-state index contributed by atoms with van der Waals surface area (Å²) in [6.07, 6.45) is -1.66. The molecule has 6 nitrogen and oxygen atoms in total. The van der Waals surface area contributed by atoms with E-state index in [1.165, 1.54) is 18.1 Å². The van der Waals surface area contributed by atoms with Crippen molar-refractivity contribution in [2.75, 3.05) is 25.1 Å². The third-order valence-electron chi connectivity index (χ3n) is 3.00. The molecule has 1 fully saturated rings. The average Bonchev–Trinajstić information content (AvgIpc) is 2.80. The SMILES string of the molecule is COC(=O)NC[C@H]1CN(c2ccc(C)c(F)c2)C(=O)O1. The van der Waals surface area contributed by atoms with E-state index >= 15 is 0 Å². The number of rotatable bonds is 3. The van der Waals surface area contributed by atoms with Gasteiger partial charge >= 0.3 is 12.2 Å². The summed E-state index contributed by atoms with van der Waals surface area (Å²) in [5.74, 6) is -0.383. The van der Waals surface area contributed by atoms with Gasteiger partial charge in [-0.25, -0.2) is 14.0 Å². The normalized spacial score (nSPS) is 17.9. The Bertz CT molecular complexity index is 535. The molecule has 1 saturated heterocycles. The number of amides is 2. The molecule has 0 radical (unpaired) electrons. The number of halogens is 1. The van der Waals surface area contributed by atoms with Gasteiger partial charge in [-0.3, -0.25) is 4.90 Å². The van der Waals surface area contributed by atoms with Crippen molar-refractivity contribution in [1.82, 2.24) is 5.32 Å². The van der Waals surface area contributed by atoms with Crippen LogP contribution in [0.25, 0.3) is 0 Å². The molecule has 1 aliphatic rings. The number of hydrogen-bond donors (Lipinski definition) is 1. The molecular formula is C13H15FN2O4. The summed E-state index contributed by atoms with van der Waals surface area (Å²) in [7, 11) is 1.25. The van der Waals surface area contributed by atoms with E-state index in [1.54, 1.807) is 19.1 Å². The first-order valence-corrected chi connectivity index (χ1v) is 6.07. The first-order chi connectivity index (χ1) is 9.51. The second-order valence-electron chi connectivity index (χ2n) is 4.42. The van der Waals surface area contributed by atoms with Gasteiger partial charge < -0.3 is 14.8 Å². The molecule has 0 bridgehead atoms. The van der Waals surface area contributed by atoms with Gasteiger partial charge in [0.2, 0.25) is 0 Å². The molecule has 2 rings (SSSR count). The summed E-state index contributed by atoms with van der Waals surface area (Å²) in [5, 5.41) is 2.45. The van der Waals surface area contributed by atoms with Crippen molar-refractivity contribution in [3.8, 4) is 0 Å². The Balaban J connectivity index is 2.01. The lowest BCUT2D eigenvalue weighted by molar-refractivity contribution is 0.132. The summed E-state index contributed by atoms with van der Waals surface area (Å²) >= 11 is 0. The molecule has 1 heterocycles. The Labute approximate surface area is 115 Å².